The zero-order chi connectivity index (χ0) is 10.7. The first-order chi connectivity index (χ1) is 7.31. The molecule has 0 aliphatic carbocycles. The van der Waals surface area contributed by atoms with Crippen LogP contribution in [0.5, 0.6) is 0 Å². The first kappa shape index (κ1) is 9.41. The molecule has 0 aliphatic rings. The van der Waals surface area contributed by atoms with E-state index in [1.165, 1.54) is 10.7 Å². The maximum Gasteiger partial charge on any atom is 0.149 e. The molecule has 0 atom stereocenters. The van der Waals surface area contributed by atoms with Gasteiger partial charge in [-0.1, -0.05) is 6.07 Å². The third-order valence-corrected chi connectivity index (χ3v) is 2.05. The number of nitrogens with zero attached hydrogens (tertiary/aromatic N) is 3. The molecule has 74 valence electrons. The van der Waals surface area contributed by atoms with Crippen LogP contribution in [0.25, 0.3) is 5.69 Å². The number of hydrogen-bond acceptors (Lipinski definition) is 2. The lowest BCUT2D eigenvalue weighted by molar-refractivity contribution is 0.609. The molecule has 1 aromatic heterocycles. The summed E-state index contributed by atoms with van der Waals surface area (Å²) in [6.07, 6.45) is 3.47. The normalized spacial score (nSPS) is 9.87. The van der Waals surface area contributed by atoms with Gasteiger partial charge in [0.1, 0.15) is 11.5 Å². The lowest BCUT2D eigenvalue weighted by Gasteiger charge is -2.03. The summed E-state index contributed by atoms with van der Waals surface area (Å²) >= 11 is 0. The molecule has 3 nitrogen and oxygen atoms in total. The molecule has 0 radical (unpaired) electrons. The third kappa shape index (κ3) is 1.86. The molecule has 15 heavy (non-hydrogen) atoms. The minimum absolute atomic E-state index is 0.219. The van der Waals surface area contributed by atoms with Crippen LogP contribution in [-0.2, 0) is 6.42 Å². The monoisotopic (exact) mass is 201 g/mol. The molecule has 0 unspecified atom stereocenters. The van der Waals surface area contributed by atoms with Gasteiger partial charge in [-0.25, -0.2) is 9.07 Å². The van der Waals surface area contributed by atoms with E-state index in [1.54, 1.807) is 30.6 Å². The van der Waals surface area contributed by atoms with E-state index in [2.05, 4.69) is 5.10 Å². The first-order valence-electron chi connectivity index (χ1n) is 4.46. The van der Waals surface area contributed by atoms with E-state index < -0.39 is 0 Å². The van der Waals surface area contributed by atoms with Gasteiger partial charge in [0.25, 0.3) is 0 Å². The molecule has 1 heterocycles. The van der Waals surface area contributed by atoms with Crippen molar-refractivity contribution < 1.29 is 4.39 Å². The van der Waals surface area contributed by atoms with E-state index in [9.17, 15) is 4.39 Å². The Morgan fingerprint density at radius 2 is 2.33 bits per heavy atom. The van der Waals surface area contributed by atoms with Crippen molar-refractivity contribution in [1.29, 1.82) is 5.26 Å². The van der Waals surface area contributed by atoms with Gasteiger partial charge in [-0.2, -0.15) is 10.4 Å². The smallest absolute Gasteiger partial charge is 0.149 e. The molecule has 0 saturated heterocycles. The van der Waals surface area contributed by atoms with Crippen LogP contribution >= 0.6 is 0 Å². The van der Waals surface area contributed by atoms with E-state index in [1.807, 2.05) is 6.07 Å². The van der Waals surface area contributed by atoms with E-state index in [-0.39, 0.29) is 12.2 Å². The quantitative estimate of drug-likeness (QED) is 0.746. The van der Waals surface area contributed by atoms with Crippen molar-refractivity contribution in [2.45, 2.75) is 6.42 Å². The predicted octanol–water partition coefficient (Wildman–Crippen LogP) is 2.08. The number of aromatic nitrogens is 2. The Morgan fingerprint density at radius 1 is 1.47 bits per heavy atom. The largest absolute Gasteiger partial charge is 0.238 e. The number of nitriles is 1. The average Bonchev–Trinajstić information content (AvgIpc) is 2.71. The van der Waals surface area contributed by atoms with E-state index in [0.717, 1.165) is 0 Å². The second-order valence-corrected chi connectivity index (χ2v) is 3.07. The molecule has 2 rings (SSSR count). The molecular weight excluding hydrogens is 193 g/mol. The van der Waals surface area contributed by atoms with Crippen molar-refractivity contribution in [2.24, 2.45) is 0 Å². The van der Waals surface area contributed by atoms with Gasteiger partial charge in [0, 0.05) is 12.4 Å². The zero-order valence-electron chi connectivity index (χ0n) is 7.89. The second kappa shape index (κ2) is 3.93. The lowest BCUT2D eigenvalue weighted by Crippen LogP contribution is -1.98. The maximum absolute atomic E-state index is 13.6. The highest BCUT2D eigenvalue weighted by atomic mass is 19.1. The van der Waals surface area contributed by atoms with Crippen molar-refractivity contribution in [2.75, 3.05) is 0 Å². The minimum Gasteiger partial charge on any atom is -0.238 e. The van der Waals surface area contributed by atoms with E-state index in [0.29, 0.717) is 11.3 Å². The number of rotatable bonds is 2. The summed E-state index contributed by atoms with van der Waals surface area (Å²) in [4.78, 5) is 0. The summed E-state index contributed by atoms with van der Waals surface area (Å²) < 4.78 is 15.0. The summed E-state index contributed by atoms with van der Waals surface area (Å²) in [5.74, 6) is -0.369. The average molecular weight is 201 g/mol. The Hall–Kier alpha value is -2.15. The second-order valence-electron chi connectivity index (χ2n) is 3.07. The highest BCUT2D eigenvalue weighted by Crippen LogP contribution is 2.14. The van der Waals surface area contributed by atoms with Gasteiger partial charge < -0.3 is 0 Å². The van der Waals surface area contributed by atoms with Crippen LogP contribution in [0.4, 0.5) is 4.39 Å². The molecule has 0 spiro atoms. The number of halogens is 1. The first-order valence-corrected chi connectivity index (χ1v) is 4.46. The standard InChI is InChI=1S/C11H8FN3/c12-10-8-9(4-5-13)2-3-11(10)15-7-1-6-14-15/h1-3,6-8H,4H2. The van der Waals surface area contributed by atoms with Gasteiger partial charge in [0.05, 0.1) is 12.5 Å². The van der Waals surface area contributed by atoms with Crippen LogP contribution in [-0.4, -0.2) is 9.78 Å². The highest BCUT2D eigenvalue weighted by molar-refractivity contribution is 5.36. The van der Waals surface area contributed by atoms with Gasteiger partial charge in [-0.15, -0.1) is 0 Å². The Bertz CT molecular complexity index is 497. The number of hydrogen-bond donors (Lipinski definition) is 0. The Balaban J connectivity index is 2.40. The van der Waals surface area contributed by atoms with Crippen LogP contribution in [0.15, 0.2) is 36.7 Å². The fourth-order valence-electron chi connectivity index (χ4n) is 1.35. The third-order valence-electron chi connectivity index (χ3n) is 2.05. The maximum atomic E-state index is 13.6. The molecule has 0 bridgehead atoms. The Labute approximate surface area is 86.4 Å². The van der Waals surface area contributed by atoms with Crippen LogP contribution in [0, 0.1) is 17.1 Å². The summed E-state index contributed by atoms with van der Waals surface area (Å²) in [5, 5.41) is 12.4. The molecule has 0 amide bonds. The summed E-state index contributed by atoms with van der Waals surface area (Å²) in [6.45, 7) is 0. The predicted molar refractivity (Wildman–Crippen MR) is 52.8 cm³/mol. The van der Waals surface area contributed by atoms with Gasteiger partial charge >= 0.3 is 0 Å². The van der Waals surface area contributed by atoms with Gasteiger partial charge in [0.2, 0.25) is 0 Å². The highest BCUT2D eigenvalue weighted by Gasteiger charge is 2.05. The molecule has 0 saturated carbocycles. The topological polar surface area (TPSA) is 41.6 Å². The van der Waals surface area contributed by atoms with Crippen molar-refractivity contribution in [1.82, 2.24) is 9.78 Å². The summed E-state index contributed by atoms with van der Waals surface area (Å²) in [5.41, 5.74) is 1.06. The lowest BCUT2D eigenvalue weighted by atomic mass is 10.1. The molecule has 0 fully saturated rings. The van der Waals surface area contributed by atoms with Gasteiger partial charge in [-0.05, 0) is 23.8 Å². The molecular formula is C11H8FN3. The Kier molecular flexibility index (Phi) is 2.46. The molecule has 0 aliphatic heterocycles. The SMILES string of the molecule is N#CCc1ccc(-n2cccn2)c(F)c1. The summed E-state index contributed by atoms with van der Waals surface area (Å²) in [7, 11) is 0. The fourth-order valence-corrected chi connectivity index (χ4v) is 1.35. The molecule has 0 N–H and O–H groups in total. The van der Waals surface area contributed by atoms with Gasteiger partial charge in [0.15, 0.2) is 0 Å². The fraction of sp³-hybridized carbons (Fsp3) is 0.0909. The summed E-state index contributed by atoms with van der Waals surface area (Å²) in [6, 6.07) is 8.41. The van der Waals surface area contributed by atoms with E-state index in [4.69, 9.17) is 5.26 Å². The zero-order valence-corrected chi connectivity index (χ0v) is 7.89. The van der Waals surface area contributed by atoms with E-state index >= 15 is 0 Å². The van der Waals surface area contributed by atoms with Crippen LogP contribution < -0.4 is 0 Å². The number of benzene rings is 1. The van der Waals surface area contributed by atoms with Crippen molar-refractivity contribution in [3.63, 3.8) is 0 Å². The van der Waals surface area contributed by atoms with Crippen LogP contribution in [0.1, 0.15) is 5.56 Å². The molecule has 4 heteroatoms. The van der Waals surface area contributed by atoms with Crippen LogP contribution in [0.2, 0.25) is 0 Å². The molecule has 2 aromatic rings. The Morgan fingerprint density at radius 3 is 2.93 bits per heavy atom. The van der Waals surface area contributed by atoms with Crippen LogP contribution in [0.3, 0.4) is 0 Å². The van der Waals surface area contributed by atoms with Crippen molar-refractivity contribution in [3.05, 3.63) is 48.0 Å². The van der Waals surface area contributed by atoms with Crippen molar-refractivity contribution in [3.8, 4) is 11.8 Å². The van der Waals surface area contributed by atoms with Crippen molar-refractivity contribution >= 4 is 0 Å². The molecule has 1 aromatic carbocycles. The minimum atomic E-state index is -0.369. The van der Waals surface area contributed by atoms with Gasteiger partial charge in [-0.3, -0.25) is 0 Å².